The SMILES string of the molecule is COc1cccc(C(=O)Nc2cc(C)c(N)cc2C)c1O. The number of carbonyl (C=O) groups is 1. The second-order valence-electron chi connectivity index (χ2n) is 4.83. The Bertz CT molecular complexity index is 696. The first-order valence-corrected chi connectivity index (χ1v) is 6.48. The first-order chi connectivity index (χ1) is 9.93. The van der Waals surface area contributed by atoms with E-state index < -0.39 is 5.91 Å². The van der Waals surface area contributed by atoms with Crippen LogP contribution in [-0.2, 0) is 0 Å². The molecule has 4 N–H and O–H groups in total. The summed E-state index contributed by atoms with van der Waals surface area (Å²) in [6, 6.07) is 8.38. The van der Waals surface area contributed by atoms with E-state index in [2.05, 4.69) is 5.32 Å². The third-order valence-corrected chi connectivity index (χ3v) is 3.32. The van der Waals surface area contributed by atoms with Crippen LogP contribution < -0.4 is 15.8 Å². The van der Waals surface area contributed by atoms with Crippen molar-refractivity contribution in [1.82, 2.24) is 0 Å². The van der Waals surface area contributed by atoms with Gasteiger partial charge in [-0.05, 0) is 49.2 Å². The number of carbonyl (C=O) groups excluding carboxylic acids is 1. The molecule has 0 radical (unpaired) electrons. The van der Waals surface area contributed by atoms with E-state index in [1.165, 1.54) is 13.2 Å². The zero-order valence-corrected chi connectivity index (χ0v) is 12.2. The zero-order valence-electron chi connectivity index (χ0n) is 12.2. The number of amides is 1. The lowest BCUT2D eigenvalue weighted by Gasteiger charge is -2.13. The lowest BCUT2D eigenvalue weighted by atomic mass is 10.1. The highest BCUT2D eigenvalue weighted by molar-refractivity contribution is 6.07. The van der Waals surface area contributed by atoms with Crippen LogP contribution in [0.25, 0.3) is 0 Å². The van der Waals surface area contributed by atoms with Crippen molar-refractivity contribution in [3.8, 4) is 11.5 Å². The number of hydrogen-bond donors (Lipinski definition) is 3. The molecule has 0 bridgehead atoms. The maximum absolute atomic E-state index is 12.3. The number of anilines is 2. The molecule has 0 heterocycles. The summed E-state index contributed by atoms with van der Waals surface area (Å²) < 4.78 is 5.00. The molecule has 0 fully saturated rings. The molecule has 0 saturated heterocycles. The molecule has 2 aromatic carbocycles. The van der Waals surface area contributed by atoms with Gasteiger partial charge in [0, 0.05) is 11.4 Å². The number of nitrogens with one attached hydrogen (secondary N) is 1. The highest BCUT2D eigenvalue weighted by Gasteiger charge is 2.16. The Balaban J connectivity index is 2.33. The first-order valence-electron chi connectivity index (χ1n) is 6.48. The molecule has 0 aromatic heterocycles. The van der Waals surface area contributed by atoms with E-state index in [9.17, 15) is 9.90 Å². The molecule has 0 aliphatic heterocycles. The summed E-state index contributed by atoms with van der Waals surface area (Å²) in [5, 5.41) is 12.8. The van der Waals surface area contributed by atoms with Crippen LogP contribution >= 0.6 is 0 Å². The predicted octanol–water partition coefficient (Wildman–Crippen LogP) is 2.85. The molecule has 0 aliphatic carbocycles. The van der Waals surface area contributed by atoms with Crippen LogP contribution in [0.3, 0.4) is 0 Å². The Morgan fingerprint density at radius 2 is 1.95 bits per heavy atom. The summed E-state index contributed by atoms with van der Waals surface area (Å²) in [7, 11) is 1.43. The fourth-order valence-electron chi connectivity index (χ4n) is 2.03. The van der Waals surface area contributed by atoms with E-state index in [1.807, 2.05) is 13.8 Å². The molecule has 1 amide bonds. The molecule has 2 aromatic rings. The second-order valence-corrected chi connectivity index (χ2v) is 4.83. The Morgan fingerprint density at radius 3 is 2.62 bits per heavy atom. The number of phenols is 1. The van der Waals surface area contributed by atoms with Crippen molar-refractivity contribution >= 4 is 17.3 Å². The number of ether oxygens (including phenoxy) is 1. The van der Waals surface area contributed by atoms with Gasteiger partial charge in [-0.1, -0.05) is 6.07 Å². The van der Waals surface area contributed by atoms with Crippen molar-refractivity contribution in [1.29, 1.82) is 0 Å². The summed E-state index contributed by atoms with van der Waals surface area (Å²) >= 11 is 0. The second kappa shape index (κ2) is 5.75. The minimum absolute atomic E-state index is 0.156. The van der Waals surface area contributed by atoms with Crippen molar-refractivity contribution in [2.75, 3.05) is 18.2 Å². The summed E-state index contributed by atoms with van der Waals surface area (Å²) in [6.45, 7) is 3.73. The first kappa shape index (κ1) is 14.7. The molecular formula is C16H18N2O3. The van der Waals surface area contributed by atoms with Gasteiger partial charge in [0.25, 0.3) is 5.91 Å². The van der Waals surface area contributed by atoms with Gasteiger partial charge in [0.1, 0.15) is 0 Å². The average molecular weight is 286 g/mol. The van der Waals surface area contributed by atoms with Gasteiger partial charge in [0.05, 0.1) is 12.7 Å². The van der Waals surface area contributed by atoms with E-state index in [0.29, 0.717) is 11.4 Å². The number of methoxy groups -OCH3 is 1. The largest absolute Gasteiger partial charge is 0.504 e. The number of nitrogen functional groups attached to an aromatic ring is 1. The Morgan fingerprint density at radius 1 is 1.24 bits per heavy atom. The number of phenolic OH excluding ortho intramolecular Hbond substituents is 1. The van der Waals surface area contributed by atoms with Crippen LogP contribution in [0.15, 0.2) is 30.3 Å². The molecule has 0 saturated carbocycles. The maximum Gasteiger partial charge on any atom is 0.259 e. The van der Waals surface area contributed by atoms with E-state index in [0.717, 1.165) is 11.1 Å². The van der Waals surface area contributed by atoms with Crippen LogP contribution in [0.4, 0.5) is 11.4 Å². The Kier molecular flexibility index (Phi) is 4.03. The van der Waals surface area contributed by atoms with E-state index >= 15 is 0 Å². The van der Waals surface area contributed by atoms with Crippen molar-refractivity contribution in [2.24, 2.45) is 0 Å². The molecule has 0 spiro atoms. The topological polar surface area (TPSA) is 84.6 Å². The van der Waals surface area contributed by atoms with Gasteiger partial charge in [0.2, 0.25) is 0 Å². The van der Waals surface area contributed by atoms with E-state index in [4.69, 9.17) is 10.5 Å². The highest BCUT2D eigenvalue weighted by atomic mass is 16.5. The number of nitrogens with two attached hydrogens (primary N) is 1. The van der Waals surface area contributed by atoms with E-state index in [-0.39, 0.29) is 17.1 Å². The molecule has 0 atom stereocenters. The fraction of sp³-hybridized carbons (Fsp3) is 0.188. The molecule has 0 unspecified atom stereocenters. The minimum Gasteiger partial charge on any atom is -0.504 e. The van der Waals surface area contributed by atoms with Crippen LogP contribution in [0, 0.1) is 13.8 Å². The maximum atomic E-state index is 12.3. The van der Waals surface area contributed by atoms with Gasteiger partial charge >= 0.3 is 0 Å². The van der Waals surface area contributed by atoms with Crippen LogP contribution in [0.2, 0.25) is 0 Å². The van der Waals surface area contributed by atoms with Crippen LogP contribution in [-0.4, -0.2) is 18.1 Å². The molecular weight excluding hydrogens is 268 g/mol. The minimum atomic E-state index is -0.404. The number of rotatable bonds is 3. The van der Waals surface area contributed by atoms with Crippen molar-refractivity contribution in [3.05, 3.63) is 47.0 Å². The summed E-state index contributed by atoms with van der Waals surface area (Å²) in [4.78, 5) is 12.3. The van der Waals surface area contributed by atoms with Crippen molar-refractivity contribution < 1.29 is 14.6 Å². The number of aryl methyl sites for hydroxylation is 2. The highest BCUT2D eigenvalue weighted by Crippen LogP contribution is 2.30. The lowest BCUT2D eigenvalue weighted by molar-refractivity contribution is 0.102. The van der Waals surface area contributed by atoms with Crippen LogP contribution in [0.1, 0.15) is 21.5 Å². The summed E-state index contributed by atoms with van der Waals surface area (Å²) in [5.74, 6) is -0.325. The number of hydrogen-bond acceptors (Lipinski definition) is 4. The third kappa shape index (κ3) is 2.91. The Hall–Kier alpha value is -2.69. The molecule has 21 heavy (non-hydrogen) atoms. The van der Waals surface area contributed by atoms with Gasteiger partial charge in [-0.3, -0.25) is 4.79 Å². The molecule has 5 heteroatoms. The smallest absolute Gasteiger partial charge is 0.259 e. The van der Waals surface area contributed by atoms with Gasteiger partial charge in [0.15, 0.2) is 11.5 Å². The normalized spacial score (nSPS) is 10.2. The van der Waals surface area contributed by atoms with Crippen molar-refractivity contribution in [2.45, 2.75) is 13.8 Å². The number of aromatic hydroxyl groups is 1. The summed E-state index contributed by atoms with van der Waals surface area (Å²) in [5.41, 5.74) is 9.05. The number of para-hydroxylation sites is 1. The third-order valence-electron chi connectivity index (χ3n) is 3.32. The standard InChI is InChI=1S/C16H18N2O3/c1-9-8-13(10(2)7-12(9)17)18-16(20)11-5-4-6-14(21-3)15(11)19/h4-8,19H,17H2,1-3H3,(H,18,20). The fourth-order valence-corrected chi connectivity index (χ4v) is 2.03. The predicted molar refractivity (Wildman–Crippen MR) is 82.9 cm³/mol. The molecule has 0 aliphatic rings. The number of benzene rings is 2. The van der Waals surface area contributed by atoms with Gasteiger partial charge in [-0.2, -0.15) is 0 Å². The molecule has 110 valence electrons. The monoisotopic (exact) mass is 286 g/mol. The quantitative estimate of drug-likeness (QED) is 0.757. The molecule has 5 nitrogen and oxygen atoms in total. The van der Waals surface area contributed by atoms with Gasteiger partial charge < -0.3 is 20.9 Å². The summed E-state index contributed by atoms with van der Waals surface area (Å²) in [6.07, 6.45) is 0. The van der Waals surface area contributed by atoms with Crippen LogP contribution in [0.5, 0.6) is 11.5 Å². The molecule has 2 rings (SSSR count). The van der Waals surface area contributed by atoms with Gasteiger partial charge in [-0.25, -0.2) is 0 Å². The van der Waals surface area contributed by atoms with E-state index in [1.54, 1.807) is 24.3 Å². The lowest BCUT2D eigenvalue weighted by Crippen LogP contribution is -2.13. The van der Waals surface area contributed by atoms with Crippen molar-refractivity contribution in [3.63, 3.8) is 0 Å². The average Bonchev–Trinajstić information content (AvgIpc) is 2.44. The van der Waals surface area contributed by atoms with Gasteiger partial charge in [-0.15, -0.1) is 0 Å². The zero-order chi connectivity index (χ0) is 15.6. The Labute approximate surface area is 123 Å².